The molecule has 0 aromatic heterocycles. The van der Waals surface area contributed by atoms with Crippen LogP contribution in [0.15, 0.2) is 12.2 Å². The summed E-state index contributed by atoms with van der Waals surface area (Å²) in [7, 11) is 1.78. The Morgan fingerprint density at radius 3 is 2.40 bits per heavy atom. The maximum Gasteiger partial charge on any atom is 0.355 e. The first-order valence-electron chi connectivity index (χ1n) is 9.80. The maximum atomic E-state index is 12.5. The highest BCUT2D eigenvalue weighted by Crippen LogP contribution is 2.08. The fourth-order valence-corrected chi connectivity index (χ4v) is 2.65. The Hall–Kier alpha value is -3.08. The standard InChI is InChI=1S/C19H28N4O7/c1-3-6-18(28)23(13-24)30-19(29)14(7-4-5-11-20-2)21-15(25)10-12-22-16(26)8-9-17(22)27/h8-9,13-14,20H,3-7,10-12H2,1-2H3,(H,21,25). The largest absolute Gasteiger partial charge is 0.355 e. The van der Waals surface area contributed by atoms with Gasteiger partial charge in [0.1, 0.15) is 6.04 Å². The first-order valence-corrected chi connectivity index (χ1v) is 9.80. The lowest BCUT2D eigenvalue weighted by molar-refractivity contribution is -0.198. The molecule has 1 atom stereocenters. The summed E-state index contributed by atoms with van der Waals surface area (Å²) in [5.74, 6) is -3.20. The summed E-state index contributed by atoms with van der Waals surface area (Å²) in [6.07, 6.45) is 4.14. The number of hydrogen-bond donors (Lipinski definition) is 2. The molecule has 1 rings (SSSR count). The highest BCUT2D eigenvalue weighted by atomic mass is 16.7. The van der Waals surface area contributed by atoms with Gasteiger partial charge in [0.25, 0.3) is 24.1 Å². The minimum atomic E-state index is -1.09. The van der Waals surface area contributed by atoms with Gasteiger partial charge in [-0.2, -0.15) is 0 Å². The van der Waals surface area contributed by atoms with Crippen molar-refractivity contribution in [3.63, 3.8) is 0 Å². The van der Waals surface area contributed by atoms with E-state index >= 15 is 0 Å². The molecule has 1 aliphatic heterocycles. The lowest BCUT2D eigenvalue weighted by atomic mass is 10.1. The van der Waals surface area contributed by atoms with Crippen molar-refractivity contribution in [1.82, 2.24) is 20.6 Å². The predicted octanol–water partition coefficient (Wildman–Crippen LogP) is -0.581. The van der Waals surface area contributed by atoms with Crippen LogP contribution in [0.3, 0.4) is 0 Å². The molecule has 0 aromatic rings. The smallest absolute Gasteiger partial charge is 0.343 e. The number of hydrogen-bond acceptors (Lipinski definition) is 8. The van der Waals surface area contributed by atoms with Crippen molar-refractivity contribution >= 4 is 36.0 Å². The summed E-state index contributed by atoms with van der Waals surface area (Å²) >= 11 is 0. The minimum Gasteiger partial charge on any atom is -0.343 e. The van der Waals surface area contributed by atoms with E-state index in [1.54, 1.807) is 14.0 Å². The van der Waals surface area contributed by atoms with Crippen LogP contribution < -0.4 is 10.6 Å². The molecule has 5 amide bonds. The zero-order valence-corrected chi connectivity index (χ0v) is 17.2. The van der Waals surface area contributed by atoms with E-state index in [0.717, 1.165) is 23.5 Å². The van der Waals surface area contributed by atoms with E-state index < -0.39 is 35.6 Å². The van der Waals surface area contributed by atoms with Gasteiger partial charge in [0, 0.05) is 31.5 Å². The van der Waals surface area contributed by atoms with Gasteiger partial charge in [0.15, 0.2) is 0 Å². The summed E-state index contributed by atoms with van der Waals surface area (Å²) in [6, 6.07) is -1.09. The fourth-order valence-electron chi connectivity index (χ4n) is 2.65. The van der Waals surface area contributed by atoms with E-state index in [4.69, 9.17) is 4.84 Å². The number of hydroxylamine groups is 2. The monoisotopic (exact) mass is 424 g/mol. The van der Waals surface area contributed by atoms with Gasteiger partial charge in [-0.3, -0.25) is 28.9 Å². The maximum absolute atomic E-state index is 12.5. The molecule has 0 aliphatic carbocycles. The van der Waals surface area contributed by atoms with Gasteiger partial charge in [-0.05, 0) is 39.3 Å². The third-order valence-electron chi connectivity index (χ3n) is 4.25. The molecule has 1 unspecified atom stereocenters. The molecule has 2 N–H and O–H groups in total. The molecular formula is C19H28N4O7. The van der Waals surface area contributed by atoms with Crippen LogP contribution in [0.2, 0.25) is 0 Å². The number of rotatable bonds is 13. The van der Waals surface area contributed by atoms with Crippen LogP contribution in [0, 0.1) is 0 Å². The van der Waals surface area contributed by atoms with E-state index in [9.17, 15) is 28.8 Å². The highest BCUT2D eigenvalue weighted by Gasteiger charge is 2.28. The molecule has 1 heterocycles. The van der Waals surface area contributed by atoms with Gasteiger partial charge in [-0.25, -0.2) is 4.79 Å². The number of nitrogens with one attached hydrogen (secondary N) is 2. The third kappa shape index (κ3) is 8.11. The lowest BCUT2D eigenvalue weighted by Crippen LogP contribution is -2.46. The van der Waals surface area contributed by atoms with Crippen LogP contribution >= 0.6 is 0 Å². The second-order valence-electron chi connectivity index (χ2n) is 6.62. The number of imide groups is 2. The molecule has 0 spiro atoms. The van der Waals surface area contributed by atoms with Gasteiger partial charge in [0.2, 0.25) is 5.91 Å². The Morgan fingerprint density at radius 1 is 1.17 bits per heavy atom. The number of unbranched alkanes of at least 4 members (excludes halogenated alkanes) is 1. The summed E-state index contributed by atoms with van der Waals surface area (Å²) in [4.78, 5) is 76.4. The molecule has 0 aromatic carbocycles. The average Bonchev–Trinajstić information content (AvgIpc) is 3.04. The van der Waals surface area contributed by atoms with Crippen LogP contribution in [0.1, 0.15) is 45.4 Å². The van der Waals surface area contributed by atoms with Crippen molar-refractivity contribution in [1.29, 1.82) is 0 Å². The summed E-state index contributed by atoms with van der Waals surface area (Å²) in [5.41, 5.74) is 0. The quantitative estimate of drug-likeness (QED) is 0.173. The van der Waals surface area contributed by atoms with Crippen molar-refractivity contribution in [2.45, 2.75) is 51.5 Å². The van der Waals surface area contributed by atoms with Gasteiger partial charge in [-0.1, -0.05) is 6.92 Å². The van der Waals surface area contributed by atoms with E-state index in [1.807, 2.05) is 0 Å². The molecule has 1 aliphatic rings. The Bertz CT molecular complexity index is 674. The normalized spacial score (nSPS) is 13.9. The van der Waals surface area contributed by atoms with Crippen LogP contribution in [0.25, 0.3) is 0 Å². The second-order valence-corrected chi connectivity index (χ2v) is 6.62. The van der Waals surface area contributed by atoms with Crippen molar-refractivity contribution in [2.75, 3.05) is 20.1 Å². The van der Waals surface area contributed by atoms with Gasteiger partial charge in [-0.15, -0.1) is 5.06 Å². The zero-order chi connectivity index (χ0) is 22.5. The van der Waals surface area contributed by atoms with Crippen molar-refractivity contribution < 1.29 is 33.6 Å². The van der Waals surface area contributed by atoms with Gasteiger partial charge in [0.05, 0.1) is 0 Å². The topological polar surface area (TPSA) is 142 Å². The minimum absolute atomic E-state index is 0.0249. The highest BCUT2D eigenvalue weighted by molar-refractivity contribution is 6.13. The van der Waals surface area contributed by atoms with Crippen LogP contribution in [-0.4, -0.2) is 72.2 Å². The van der Waals surface area contributed by atoms with Gasteiger partial charge >= 0.3 is 5.97 Å². The van der Waals surface area contributed by atoms with E-state index in [2.05, 4.69) is 10.6 Å². The first kappa shape index (κ1) is 25.0. The Balaban J connectivity index is 2.68. The number of nitrogens with zero attached hydrogens (tertiary/aromatic N) is 2. The molecule has 11 heteroatoms. The zero-order valence-electron chi connectivity index (χ0n) is 17.2. The second kappa shape index (κ2) is 13.2. The number of carbonyl (C=O) groups excluding carboxylic acids is 6. The molecular weight excluding hydrogens is 396 g/mol. The molecule has 11 nitrogen and oxygen atoms in total. The lowest BCUT2D eigenvalue weighted by Gasteiger charge is -2.21. The average molecular weight is 424 g/mol. The summed E-state index contributed by atoms with van der Waals surface area (Å²) < 4.78 is 0. The molecule has 0 saturated carbocycles. The van der Waals surface area contributed by atoms with E-state index in [-0.39, 0.29) is 32.2 Å². The Kier molecular flexibility index (Phi) is 11.0. The SMILES string of the molecule is CCCC(=O)N(C=O)OC(=O)C(CCCCNC)NC(=O)CCN1C(=O)C=CC1=O. The number of carbonyl (C=O) groups is 6. The third-order valence-corrected chi connectivity index (χ3v) is 4.25. The van der Waals surface area contributed by atoms with Crippen molar-refractivity contribution in [3.8, 4) is 0 Å². The molecule has 0 radical (unpaired) electrons. The first-order chi connectivity index (χ1) is 14.3. The Labute approximate surface area is 174 Å². The summed E-state index contributed by atoms with van der Waals surface area (Å²) in [5, 5.41) is 5.78. The molecule has 30 heavy (non-hydrogen) atoms. The van der Waals surface area contributed by atoms with Crippen molar-refractivity contribution in [2.24, 2.45) is 0 Å². The predicted molar refractivity (Wildman–Crippen MR) is 104 cm³/mol. The molecule has 0 fully saturated rings. The summed E-state index contributed by atoms with van der Waals surface area (Å²) in [6.45, 7) is 2.31. The van der Waals surface area contributed by atoms with E-state index in [1.165, 1.54) is 0 Å². The van der Waals surface area contributed by atoms with Crippen LogP contribution in [-0.2, 0) is 33.6 Å². The Morgan fingerprint density at radius 2 is 1.83 bits per heavy atom. The van der Waals surface area contributed by atoms with Crippen LogP contribution in [0.5, 0.6) is 0 Å². The fraction of sp³-hybridized carbons (Fsp3) is 0.579. The van der Waals surface area contributed by atoms with E-state index in [0.29, 0.717) is 24.4 Å². The molecule has 0 bridgehead atoms. The molecule has 166 valence electrons. The molecule has 0 saturated heterocycles. The van der Waals surface area contributed by atoms with Crippen molar-refractivity contribution in [3.05, 3.63) is 12.2 Å². The van der Waals surface area contributed by atoms with Crippen LogP contribution in [0.4, 0.5) is 0 Å². The van der Waals surface area contributed by atoms with Gasteiger partial charge < -0.3 is 15.5 Å². The number of amides is 5.